The number of hydrogen-bond donors (Lipinski definition) is 2. The number of carbonyl (C=O) groups excluding carboxylic acids is 1. The van der Waals surface area contributed by atoms with Gasteiger partial charge >= 0.3 is 0 Å². The van der Waals surface area contributed by atoms with Crippen molar-refractivity contribution in [2.75, 3.05) is 31.5 Å². The van der Waals surface area contributed by atoms with E-state index in [-0.39, 0.29) is 12.0 Å². The molecule has 1 amide bonds. The number of para-hydroxylation sites is 2. The highest BCUT2D eigenvalue weighted by Gasteiger charge is 2.12. The van der Waals surface area contributed by atoms with E-state index in [4.69, 9.17) is 4.74 Å². The summed E-state index contributed by atoms with van der Waals surface area (Å²) in [5.41, 5.74) is 2.87. The van der Waals surface area contributed by atoms with Crippen LogP contribution in [0, 0.1) is 0 Å². The van der Waals surface area contributed by atoms with Gasteiger partial charge in [-0.25, -0.2) is 0 Å². The van der Waals surface area contributed by atoms with Gasteiger partial charge in [0.25, 0.3) is 5.91 Å². The summed E-state index contributed by atoms with van der Waals surface area (Å²) >= 11 is 0. The third-order valence-corrected chi connectivity index (χ3v) is 4.42. The fourth-order valence-corrected chi connectivity index (χ4v) is 3.00. The Hall–Kier alpha value is -2.53. The quantitative estimate of drug-likeness (QED) is 0.572. The Morgan fingerprint density at radius 3 is 2.50 bits per heavy atom. The van der Waals surface area contributed by atoms with Gasteiger partial charge < -0.3 is 20.3 Å². The molecule has 0 heterocycles. The minimum Gasteiger partial charge on any atom is -0.489 e. The zero-order valence-electron chi connectivity index (χ0n) is 17.5. The molecule has 28 heavy (non-hydrogen) atoms. The number of carbonyl (C=O) groups is 1. The van der Waals surface area contributed by atoms with Crippen molar-refractivity contribution in [2.45, 2.75) is 40.3 Å². The van der Waals surface area contributed by atoms with Gasteiger partial charge in [0.2, 0.25) is 0 Å². The lowest BCUT2D eigenvalue weighted by atomic mass is 10.1. The highest BCUT2D eigenvalue weighted by Crippen LogP contribution is 2.24. The van der Waals surface area contributed by atoms with Gasteiger partial charge in [-0.3, -0.25) is 4.79 Å². The fourth-order valence-electron chi connectivity index (χ4n) is 3.00. The van der Waals surface area contributed by atoms with Crippen molar-refractivity contribution >= 4 is 11.6 Å². The van der Waals surface area contributed by atoms with Crippen molar-refractivity contribution in [3.8, 4) is 5.75 Å². The number of hydrogen-bond acceptors (Lipinski definition) is 4. The second-order valence-electron chi connectivity index (χ2n) is 6.94. The van der Waals surface area contributed by atoms with Crippen LogP contribution in [0.3, 0.4) is 0 Å². The molecule has 0 fully saturated rings. The number of anilines is 1. The number of amides is 1. The van der Waals surface area contributed by atoms with Gasteiger partial charge in [0.1, 0.15) is 5.75 Å². The molecule has 0 aromatic heterocycles. The highest BCUT2D eigenvalue weighted by molar-refractivity contribution is 5.94. The molecule has 0 aliphatic carbocycles. The van der Waals surface area contributed by atoms with E-state index in [9.17, 15) is 4.79 Å². The lowest BCUT2D eigenvalue weighted by molar-refractivity contribution is 0.0773. The monoisotopic (exact) mass is 383 g/mol. The normalized spacial score (nSPS) is 10.8. The molecule has 2 aromatic carbocycles. The number of benzene rings is 2. The van der Waals surface area contributed by atoms with E-state index in [1.807, 2.05) is 81.1 Å². The molecular formula is C23H33N3O2. The molecule has 0 aliphatic rings. The van der Waals surface area contributed by atoms with Crippen LogP contribution in [0.25, 0.3) is 0 Å². The summed E-state index contributed by atoms with van der Waals surface area (Å²) < 4.78 is 5.83. The second-order valence-corrected chi connectivity index (χ2v) is 6.94. The molecule has 0 atom stereocenters. The summed E-state index contributed by atoms with van der Waals surface area (Å²) in [6.07, 6.45) is 0.146. The topological polar surface area (TPSA) is 53.6 Å². The van der Waals surface area contributed by atoms with Gasteiger partial charge in [-0.05, 0) is 57.5 Å². The van der Waals surface area contributed by atoms with Gasteiger partial charge in [-0.2, -0.15) is 0 Å². The number of nitrogens with one attached hydrogen (secondary N) is 2. The SMILES string of the molecule is CCN(CC)C(=O)c1cccc(CNCCNc2ccccc2OC(C)C)c1. The summed E-state index contributed by atoms with van der Waals surface area (Å²) in [7, 11) is 0. The van der Waals surface area contributed by atoms with E-state index in [1.165, 1.54) is 0 Å². The van der Waals surface area contributed by atoms with E-state index in [0.29, 0.717) is 0 Å². The first-order valence-corrected chi connectivity index (χ1v) is 10.1. The molecular weight excluding hydrogens is 350 g/mol. The van der Waals surface area contributed by atoms with E-state index in [2.05, 4.69) is 10.6 Å². The first kappa shape index (κ1) is 21.8. The smallest absolute Gasteiger partial charge is 0.253 e. The molecule has 5 heteroatoms. The maximum atomic E-state index is 12.5. The summed E-state index contributed by atoms with van der Waals surface area (Å²) in [6, 6.07) is 15.9. The standard InChI is InChI=1S/C23H33N3O2/c1-5-26(6-2)23(27)20-11-9-10-19(16-20)17-24-14-15-25-21-12-7-8-13-22(21)28-18(3)4/h7-13,16,18,24-25H,5-6,14-15,17H2,1-4H3. The number of ether oxygens (including phenoxy) is 1. The van der Waals surface area contributed by atoms with Gasteiger partial charge in [0.15, 0.2) is 0 Å². The largest absolute Gasteiger partial charge is 0.489 e. The van der Waals surface area contributed by atoms with Crippen LogP contribution in [-0.2, 0) is 6.54 Å². The molecule has 0 saturated carbocycles. The van der Waals surface area contributed by atoms with E-state index in [0.717, 1.165) is 55.3 Å². The first-order valence-electron chi connectivity index (χ1n) is 10.1. The van der Waals surface area contributed by atoms with Crippen LogP contribution >= 0.6 is 0 Å². The average molecular weight is 384 g/mol. The van der Waals surface area contributed by atoms with Crippen LogP contribution in [0.5, 0.6) is 5.75 Å². The van der Waals surface area contributed by atoms with Gasteiger partial charge in [-0.15, -0.1) is 0 Å². The predicted molar refractivity (Wildman–Crippen MR) is 116 cm³/mol. The molecule has 0 bridgehead atoms. The fraction of sp³-hybridized carbons (Fsp3) is 0.435. The van der Waals surface area contributed by atoms with E-state index in [1.54, 1.807) is 0 Å². The Kier molecular flexibility index (Phi) is 8.82. The van der Waals surface area contributed by atoms with Crippen LogP contribution < -0.4 is 15.4 Å². The van der Waals surface area contributed by atoms with Gasteiger partial charge in [0, 0.05) is 38.3 Å². The summed E-state index contributed by atoms with van der Waals surface area (Å²) in [5.74, 6) is 0.968. The Balaban J connectivity index is 1.82. The minimum atomic E-state index is 0.0928. The second kappa shape index (κ2) is 11.3. The first-order chi connectivity index (χ1) is 13.5. The van der Waals surface area contributed by atoms with Crippen LogP contribution in [0.15, 0.2) is 48.5 Å². The van der Waals surface area contributed by atoms with E-state index < -0.39 is 0 Å². The van der Waals surface area contributed by atoms with Crippen molar-refractivity contribution < 1.29 is 9.53 Å². The lowest BCUT2D eigenvalue weighted by Gasteiger charge is -2.19. The van der Waals surface area contributed by atoms with Crippen LogP contribution in [0.2, 0.25) is 0 Å². The Morgan fingerprint density at radius 2 is 1.79 bits per heavy atom. The summed E-state index contributed by atoms with van der Waals surface area (Å²) in [4.78, 5) is 14.3. The van der Waals surface area contributed by atoms with Crippen molar-refractivity contribution in [2.24, 2.45) is 0 Å². The molecule has 0 spiro atoms. The van der Waals surface area contributed by atoms with Crippen LogP contribution in [-0.4, -0.2) is 43.1 Å². The molecule has 0 unspecified atom stereocenters. The molecule has 152 valence electrons. The average Bonchev–Trinajstić information content (AvgIpc) is 2.69. The number of rotatable bonds is 11. The van der Waals surface area contributed by atoms with E-state index >= 15 is 0 Å². The maximum absolute atomic E-state index is 12.5. The zero-order valence-corrected chi connectivity index (χ0v) is 17.5. The molecule has 2 N–H and O–H groups in total. The molecule has 5 nitrogen and oxygen atoms in total. The molecule has 0 radical (unpaired) electrons. The van der Waals surface area contributed by atoms with Crippen molar-refractivity contribution in [1.82, 2.24) is 10.2 Å². The van der Waals surface area contributed by atoms with Crippen molar-refractivity contribution in [3.63, 3.8) is 0 Å². The molecule has 2 aromatic rings. The van der Waals surface area contributed by atoms with Crippen LogP contribution in [0.4, 0.5) is 5.69 Å². The Bertz CT molecular complexity index is 742. The predicted octanol–water partition coefficient (Wildman–Crippen LogP) is 4.16. The lowest BCUT2D eigenvalue weighted by Crippen LogP contribution is -2.30. The van der Waals surface area contributed by atoms with Crippen LogP contribution in [0.1, 0.15) is 43.6 Å². The Morgan fingerprint density at radius 1 is 1.04 bits per heavy atom. The van der Waals surface area contributed by atoms with Crippen molar-refractivity contribution in [1.29, 1.82) is 0 Å². The summed E-state index contributed by atoms with van der Waals surface area (Å²) in [6.45, 7) is 11.8. The Labute approximate surface area is 169 Å². The summed E-state index contributed by atoms with van der Waals surface area (Å²) in [5, 5.41) is 6.84. The minimum absolute atomic E-state index is 0.0928. The van der Waals surface area contributed by atoms with Crippen molar-refractivity contribution in [3.05, 3.63) is 59.7 Å². The third-order valence-electron chi connectivity index (χ3n) is 4.42. The molecule has 0 aliphatic heterocycles. The number of nitrogens with zero attached hydrogens (tertiary/aromatic N) is 1. The van der Waals surface area contributed by atoms with Gasteiger partial charge in [-0.1, -0.05) is 24.3 Å². The third kappa shape index (κ3) is 6.57. The molecule has 0 saturated heterocycles. The zero-order chi connectivity index (χ0) is 20.4. The highest BCUT2D eigenvalue weighted by atomic mass is 16.5. The maximum Gasteiger partial charge on any atom is 0.253 e. The molecule has 2 rings (SSSR count). The van der Waals surface area contributed by atoms with Gasteiger partial charge in [0.05, 0.1) is 11.8 Å².